The van der Waals surface area contributed by atoms with Gasteiger partial charge in [0.05, 0.1) is 6.10 Å². The number of hydrogen-bond acceptors (Lipinski definition) is 2. The summed E-state index contributed by atoms with van der Waals surface area (Å²) in [6.07, 6.45) is 22.8. The molecule has 3 N–H and O–H groups in total. The largest absolute Gasteiger partial charge is 0.392 e. The normalized spacial score (nSPS) is 14.1. The molecule has 0 spiro atoms. The fourth-order valence-electron chi connectivity index (χ4n) is 3.16. The number of nitrogens with two attached hydrogens (primary N) is 1. The van der Waals surface area contributed by atoms with Gasteiger partial charge in [0.15, 0.2) is 0 Å². The van der Waals surface area contributed by atoms with Crippen LogP contribution in [0.4, 0.5) is 0 Å². The van der Waals surface area contributed by atoms with Crippen LogP contribution >= 0.6 is 0 Å². The fraction of sp³-hybridized carbons (Fsp3) is 1.00. The van der Waals surface area contributed by atoms with Crippen LogP contribution in [0.3, 0.4) is 0 Å². The third-order valence-corrected chi connectivity index (χ3v) is 4.96. The first-order chi connectivity index (χ1) is 11.2. The second kappa shape index (κ2) is 18.3. The lowest BCUT2D eigenvalue weighted by molar-refractivity contribution is 0.138. The maximum absolute atomic E-state index is 9.62. The van der Waals surface area contributed by atoms with Crippen molar-refractivity contribution in [2.75, 3.05) is 0 Å². The molecule has 0 aliphatic carbocycles. The number of rotatable bonds is 18. The van der Waals surface area contributed by atoms with Crippen LogP contribution in [0.5, 0.6) is 0 Å². The summed E-state index contributed by atoms with van der Waals surface area (Å²) in [4.78, 5) is 0. The molecule has 2 nitrogen and oxygen atoms in total. The smallest absolute Gasteiger partial charge is 0.0688 e. The Morgan fingerprint density at radius 2 is 0.913 bits per heavy atom. The molecule has 0 aromatic rings. The van der Waals surface area contributed by atoms with E-state index in [4.69, 9.17) is 5.73 Å². The van der Waals surface area contributed by atoms with Crippen molar-refractivity contribution in [3.05, 3.63) is 0 Å². The van der Waals surface area contributed by atoms with E-state index in [0.29, 0.717) is 0 Å². The van der Waals surface area contributed by atoms with Gasteiger partial charge < -0.3 is 10.8 Å². The average molecular weight is 328 g/mol. The van der Waals surface area contributed by atoms with Crippen molar-refractivity contribution < 1.29 is 5.11 Å². The summed E-state index contributed by atoms with van der Waals surface area (Å²) < 4.78 is 0. The first-order valence-corrected chi connectivity index (χ1v) is 10.6. The molecule has 2 atom stereocenters. The van der Waals surface area contributed by atoms with Crippen molar-refractivity contribution in [1.82, 2.24) is 0 Å². The molecule has 2 unspecified atom stereocenters. The fourth-order valence-corrected chi connectivity index (χ4v) is 3.16. The molecule has 0 aliphatic rings. The zero-order valence-corrected chi connectivity index (χ0v) is 16.2. The van der Waals surface area contributed by atoms with Crippen LogP contribution in [-0.2, 0) is 0 Å². The predicted octanol–water partition coefficient (Wildman–Crippen LogP) is 6.35. The van der Waals surface area contributed by atoms with E-state index in [2.05, 4.69) is 6.92 Å². The van der Waals surface area contributed by atoms with Crippen LogP contribution in [0.1, 0.15) is 123 Å². The first kappa shape index (κ1) is 22.9. The van der Waals surface area contributed by atoms with Crippen molar-refractivity contribution in [3.8, 4) is 0 Å². The Kier molecular flexibility index (Phi) is 18.2. The average Bonchev–Trinajstić information content (AvgIpc) is 2.54. The summed E-state index contributed by atoms with van der Waals surface area (Å²) in [7, 11) is 0. The summed E-state index contributed by atoms with van der Waals surface area (Å²) in [6.45, 7) is 4.17. The van der Waals surface area contributed by atoms with Crippen molar-refractivity contribution in [2.24, 2.45) is 5.73 Å². The van der Waals surface area contributed by atoms with Gasteiger partial charge in [-0.25, -0.2) is 0 Å². The van der Waals surface area contributed by atoms with Gasteiger partial charge in [0.2, 0.25) is 0 Å². The maximum atomic E-state index is 9.62. The van der Waals surface area contributed by atoms with Gasteiger partial charge in [-0.1, -0.05) is 110 Å². The Labute approximate surface area is 146 Å². The molecule has 0 fully saturated rings. The summed E-state index contributed by atoms with van der Waals surface area (Å²) in [5, 5.41) is 9.62. The third kappa shape index (κ3) is 18.1. The second-order valence-electron chi connectivity index (χ2n) is 7.52. The van der Waals surface area contributed by atoms with Gasteiger partial charge in [0, 0.05) is 6.04 Å². The van der Waals surface area contributed by atoms with Crippen molar-refractivity contribution in [1.29, 1.82) is 0 Å². The highest BCUT2D eigenvalue weighted by Crippen LogP contribution is 2.14. The van der Waals surface area contributed by atoms with Gasteiger partial charge in [-0.05, 0) is 13.3 Å². The molecule has 140 valence electrons. The van der Waals surface area contributed by atoms with E-state index in [9.17, 15) is 5.11 Å². The van der Waals surface area contributed by atoms with E-state index < -0.39 is 0 Å². The Balaban J connectivity index is 3.03. The highest BCUT2D eigenvalue weighted by molar-refractivity contribution is 4.65. The van der Waals surface area contributed by atoms with Crippen LogP contribution in [0.2, 0.25) is 0 Å². The lowest BCUT2D eigenvalue weighted by atomic mass is 10.0. The summed E-state index contributed by atoms with van der Waals surface area (Å²) in [6, 6.07) is -0.0775. The Morgan fingerprint density at radius 1 is 0.609 bits per heavy atom. The van der Waals surface area contributed by atoms with Crippen molar-refractivity contribution in [2.45, 2.75) is 135 Å². The highest BCUT2D eigenvalue weighted by atomic mass is 16.3. The molecule has 0 saturated heterocycles. The zero-order valence-electron chi connectivity index (χ0n) is 16.2. The van der Waals surface area contributed by atoms with Gasteiger partial charge in [0.25, 0.3) is 0 Å². The van der Waals surface area contributed by atoms with Crippen LogP contribution in [0.25, 0.3) is 0 Å². The van der Waals surface area contributed by atoms with Crippen molar-refractivity contribution >= 4 is 0 Å². The zero-order chi connectivity index (χ0) is 17.2. The Hall–Kier alpha value is -0.0800. The molecular weight excluding hydrogens is 282 g/mol. The van der Waals surface area contributed by atoms with Gasteiger partial charge in [0.1, 0.15) is 0 Å². The third-order valence-electron chi connectivity index (χ3n) is 4.96. The predicted molar refractivity (Wildman–Crippen MR) is 104 cm³/mol. The van der Waals surface area contributed by atoms with E-state index in [1.807, 2.05) is 6.92 Å². The molecule has 0 rings (SSSR count). The summed E-state index contributed by atoms with van der Waals surface area (Å²) >= 11 is 0. The molecule has 0 radical (unpaired) electrons. The summed E-state index contributed by atoms with van der Waals surface area (Å²) in [5.41, 5.74) is 5.65. The number of aliphatic hydroxyl groups is 1. The van der Waals surface area contributed by atoms with Gasteiger partial charge >= 0.3 is 0 Å². The molecule has 0 amide bonds. The minimum atomic E-state index is -0.304. The lowest BCUT2D eigenvalue weighted by Crippen LogP contribution is -2.31. The van der Waals surface area contributed by atoms with Crippen LogP contribution < -0.4 is 5.73 Å². The van der Waals surface area contributed by atoms with Crippen LogP contribution in [0, 0.1) is 0 Å². The van der Waals surface area contributed by atoms with Gasteiger partial charge in [-0.3, -0.25) is 0 Å². The number of unbranched alkanes of at least 4 members (excludes halogenated alkanes) is 15. The topological polar surface area (TPSA) is 46.2 Å². The van der Waals surface area contributed by atoms with E-state index in [0.717, 1.165) is 12.8 Å². The lowest BCUT2D eigenvalue weighted by Gasteiger charge is -2.13. The molecule has 0 saturated carbocycles. The van der Waals surface area contributed by atoms with Crippen molar-refractivity contribution in [3.63, 3.8) is 0 Å². The number of hydrogen-bond donors (Lipinski definition) is 2. The van der Waals surface area contributed by atoms with E-state index in [1.54, 1.807) is 0 Å². The molecule has 2 heteroatoms. The molecule has 0 heterocycles. The quantitative estimate of drug-likeness (QED) is 0.288. The minimum absolute atomic E-state index is 0.0775. The maximum Gasteiger partial charge on any atom is 0.0688 e. The molecule has 0 aliphatic heterocycles. The molecule has 0 bridgehead atoms. The highest BCUT2D eigenvalue weighted by Gasteiger charge is 2.07. The molecule has 23 heavy (non-hydrogen) atoms. The number of aliphatic hydroxyl groups excluding tert-OH is 1. The van der Waals surface area contributed by atoms with E-state index in [-0.39, 0.29) is 12.1 Å². The van der Waals surface area contributed by atoms with Crippen LogP contribution in [0.15, 0.2) is 0 Å². The first-order valence-electron chi connectivity index (χ1n) is 10.6. The van der Waals surface area contributed by atoms with E-state index in [1.165, 1.54) is 96.3 Å². The van der Waals surface area contributed by atoms with Gasteiger partial charge in [-0.15, -0.1) is 0 Å². The van der Waals surface area contributed by atoms with Crippen LogP contribution in [-0.4, -0.2) is 17.3 Å². The molecule has 0 aromatic heterocycles. The molecule has 0 aromatic carbocycles. The monoisotopic (exact) mass is 327 g/mol. The van der Waals surface area contributed by atoms with Gasteiger partial charge in [-0.2, -0.15) is 0 Å². The molecular formula is C21H45NO. The minimum Gasteiger partial charge on any atom is -0.392 e. The second-order valence-corrected chi connectivity index (χ2v) is 7.52. The SMILES string of the molecule is CCCCCCCCCCCCCCCCCCC(O)C(C)N. The standard InChI is InChI=1S/C21H45NO/c1-3-4-5-6-7-8-9-10-11-12-13-14-15-16-17-18-19-21(23)20(2)22/h20-21,23H,3-19,22H2,1-2H3. The Bertz CT molecular complexity index is 218. The Morgan fingerprint density at radius 3 is 1.22 bits per heavy atom. The summed E-state index contributed by atoms with van der Waals surface area (Å²) in [5.74, 6) is 0. The van der Waals surface area contributed by atoms with E-state index >= 15 is 0 Å².